The molecule has 160 valence electrons. The van der Waals surface area contributed by atoms with Crippen LogP contribution in [0.5, 0.6) is 0 Å². The van der Waals surface area contributed by atoms with E-state index in [1.807, 2.05) is 0 Å². The van der Waals surface area contributed by atoms with E-state index in [0.29, 0.717) is 29.0 Å². The summed E-state index contributed by atoms with van der Waals surface area (Å²) in [7, 11) is 0. The van der Waals surface area contributed by atoms with Crippen LogP contribution >= 0.6 is 0 Å². The van der Waals surface area contributed by atoms with Crippen molar-refractivity contribution in [3.8, 4) is 0 Å². The summed E-state index contributed by atoms with van der Waals surface area (Å²) in [6, 6.07) is 6.62. The van der Waals surface area contributed by atoms with Crippen LogP contribution in [0.3, 0.4) is 0 Å². The normalized spacial score (nSPS) is 32.4. The SMILES string of the molecule is C[C@H](NC(=O)C12CC3CC(CC(C3)C1)C2)C(=O)Nc1cccc(C(=O)NC2CC2)c1. The van der Waals surface area contributed by atoms with E-state index in [0.717, 1.165) is 32.1 Å². The first-order chi connectivity index (χ1) is 14.4. The fourth-order valence-electron chi connectivity index (χ4n) is 6.29. The Labute approximate surface area is 177 Å². The maximum Gasteiger partial charge on any atom is 0.251 e. The van der Waals surface area contributed by atoms with Gasteiger partial charge >= 0.3 is 0 Å². The summed E-state index contributed by atoms with van der Waals surface area (Å²) in [6.07, 6.45) is 8.87. The molecular formula is C24H31N3O3. The molecule has 0 unspecified atom stereocenters. The lowest BCUT2D eigenvalue weighted by molar-refractivity contribution is -0.147. The van der Waals surface area contributed by atoms with E-state index in [-0.39, 0.29) is 29.2 Å². The standard InChI is InChI=1S/C24H31N3O3/c1-14(25-23(30)24-11-15-7-16(12-24)9-17(8-15)13-24)21(28)27-20-4-2-3-18(10-20)22(29)26-19-5-6-19/h2-4,10,14-17,19H,5-9,11-13H2,1H3,(H,25,30)(H,26,29)(H,27,28)/t14-,15?,16?,17?,24?/m0/s1. The van der Waals surface area contributed by atoms with Gasteiger partial charge in [0.1, 0.15) is 6.04 Å². The monoisotopic (exact) mass is 409 g/mol. The fourth-order valence-corrected chi connectivity index (χ4v) is 6.29. The first-order valence-electron chi connectivity index (χ1n) is 11.4. The Morgan fingerprint density at radius 2 is 1.63 bits per heavy atom. The third kappa shape index (κ3) is 3.84. The van der Waals surface area contributed by atoms with Crippen LogP contribution in [0.15, 0.2) is 24.3 Å². The molecule has 0 radical (unpaired) electrons. The molecule has 3 amide bonds. The first-order valence-corrected chi connectivity index (χ1v) is 11.4. The second-order valence-electron chi connectivity index (χ2n) is 10.2. The van der Waals surface area contributed by atoms with E-state index in [1.165, 1.54) is 19.3 Å². The lowest BCUT2D eigenvalue weighted by Crippen LogP contribution is -2.56. The molecule has 1 atom stereocenters. The van der Waals surface area contributed by atoms with Crippen molar-refractivity contribution in [2.45, 2.75) is 70.4 Å². The minimum absolute atomic E-state index is 0.0572. The summed E-state index contributed by atoms with van der Waals surface area (Å²) in [4.78, 5) is 38.1. The van der Waals surface area contributed by atoms with Crippen molar-refractivity contribution in [2.75, 3.05) is 5.32 Å². The van der Waals surface area contributed by atoms with Crippen LogP contribution in [0.4, 0.5) is 5.69 Å². The second kappa shape index (κ2) is 7.40. The number of benzene rings is 1. The van der Waals surface area contributed by atoms with Crippen molar-refractivity contribution in [1.29, 1.82) is 0 Å². The Hall–Kier alpha value is -2.37. The average molecular weight is 410 g/mol. The number of hydrogen-bond acceptors (Lipinski definition) is 3. The van der Waals surface area contributed by atoms with Crippen LogP contribution in [0.1, 0.15) is 68.6 Å². The van der Waals surface area contributed by atoms with Crippen molar-refractivity contribution < 1.29 is 14.4 Å². The van der Waals surface area contributed by atoms with Gasteiger partial charge in [-0.2, -0.15) is 0 Å². The van der Waals surface area contributed by atoms with E-state index in [9.17, 15) is 14.4 Å². The zero-order valence-electron chi connectivity index (χ0n) is 17.6. The van der Waals surface area contributed by atoms with E-state index >= 15 is 0 Å². The highest BCUT2D eigenvalue weighted by Gasteiger charge is 2.54. The maximum atomic E-state index is 13.2. The molecule has 5 saturated carbocycles. The van der Waals surface area contributed by atoms with Gasteiger partial charge in [-0.25, -0.2) is 0 Å². The largest absolute Gasteiger partial charge is 0.349 e. The lowest BCUT2D eigenvalue weighted by Gasteiger charge is -2.55. The molecule has 0 saturated heterocycles. The van der Waals surface area contributed by atoms with Gasteiger partial charge < -0.3 is 16.0 Å². The quantitative estimate of drug-likeness (QED) is 0.674. The number of amides is 3. The highest BCUT2D eigenvalue weighted by Crippen LogP contribution is 2.60. The van der Waals surface area contributed by atoms with E-state index in [2.05, 4.69) is 16.0 Å². The molecule has 5 aliphatic rings. The van der Waals surface area contributed by atoms with Gasteiger partial charge in [0.15, 0.2) is 0 Å². The first kappa shape index (κ1) is 19.6. The van der Waals surface area contributed by atoms with Gasteiger partial charge in [-0.05, 0) is 94.2 Å². The van der Waals surface area contributed by atoms with E-state index in [4.69, 9.17) is 0 Å². The molecule has 6 heteroatoms. The number of nitrogens with one attached hydrogen (secondary N) is 3. The summed E-state index contributed by atoms with van der Waals surface area (Å²) in [5.41, 5.74) is 0.841. The average Bonchev–Trinajstić information content (AvgIpc) is 3.51. The molecule has 6 rings (SSSR count). The van der Waals surface area contributed by atoms with Crippen molar-refractivity contribution in [3.05, 3.63) is 29.8 Å². The minimum atomic E-state index is -0.616. The number of hydrogen-bond donors (Lipinski definition) is 3. The zero-order valence-corrected chi connectivity index (χ0v) is 17.6. The summed E-state index contributed by atoms with van der Waals surface area (Å²) in [6.45, 7) is 1.73. The Morgan fingerprint density at radius 1 is 1.00 bits per heavy atom. The van der Waals surface area contributed by atoms with E-state index < -0.39 is 6.04 Å². The van der Waals surface area contributed by atoms with Crippen molar-refractivity contribution in [1.82, 2.24) is 10.6 Å². The highest BCUT2D eigenvalue weighted by atomic mass is 16.2. The molecular weight excluding hydrogens is 378 g/mol. The summed E-state index contributed by atoms with van der Waals surface area (Å²) < 4.78 is 0. The van der Waals surface area contributed by atoms with Crippen LogP contribution in [0, 0.1) is 23.2 Å². The molecule has 0 aliphatic heterocycles. The Kier molecular flexibility index (Phi) is 4.83. The highest BCUT2D eigenvalue weighted by molar-refractivity contribution is 6.00. The molecule has 0 heterocycles. The Bertz CT molecular complexity index is 841. The van der Waals surface area contributed by atoms with Gasteiger partial charge in [0, 0.05) is 22.7 Å². The topological polar surface area (TPSA) is 87.3 Å². The summed E-state index contributed by atoms with van der Waals surface area (Å²) >= 11 is 0. The Morgan fingerprint density at radius 3 is 2.23 bits per heavy atom. The van der Waals surface area contributed by atoms with E-state index in [1.54, 1.807) is 31.2 Å². The molecule has 6 nitrogen and oxygen atoms in total. The molecule has 1 aromatic rings. The summed E-state index contributed by atoms with van der Waals surface area (Å²) in [5, 5.41) is 8.80. The van der Waals surface area contributed by atoms with Gasteiger partial charge in [0.05, 0.1) is 0 Å². The van der Waals surface area contributed by atoms with Gasteiger partial charge in [-0.3, -0.25) is 14.4 Å². The molecule has 0 aromatic heterocycles. The van der Waals surface area contributed by atoms with Gasteiger partial charge in [-0.1, -0.05) is 6.07 Å². The van der Waals surface area contributed by atoms with Crippen LogP contribution in [0.25, 0.3) is 0 Å². The van der Waals surface area contributed by atoms with Crippen LogP contribution < -0.4 is 16.0 Å². The molecule has 1 aromatic carbocycles. The fraction of sp³-hybridized carbons (Fsp3) is 0.625. The molecule has 5 aliphatic carbocycles. The number of rotatable bonds is 6. The molecule has 0 spiro atoms. The van der Waals surface area contributed by atoms with Crippen LogP contribution in [0.2, 0.25) is 0 Å². The van der Waals surface area contributed by atoms with Crippen LogP contribution in [-0.2, 0) is 9.59 Å². The smallest absolute Gasteiger partial charge is 0.251 e. The predicted molar refractivity (Wildman–Crippen MR) is 114 cm³/mol. The van der Waals surface area contributed by atoms with Crippen molar-refractivity contribution in [3.63, 3.8) is 0 Å². The summed E-state index contributed by atoms with van der Waals surface area (Å²) in [5.74, 6) is 1.76. The predicted octanol–water partition coefficient (Wildman–Crippen LogP) is 3.24. The lowest BCUT2D eigenvalue weighted by atomic mass is 9.49. The van der Waals surface area contributed by atoms with Crippen molar-refractivity contribution in [2.24, 2.45) is 23.2 Å². The number of carbonyl (C=O) groups is 3. The number of anilines is 1. The van der Waals surface area contributed by atoms with Gasteiger partial charge in [0.2, 0.25) is 11.8 Å². The third-order valence-corrected chi connectivity index (χ3v) is 7.57. The number of carbonyl (C=O) groups excluding carboxylic acids is 3. The van der Waals surface area contributed by atoms with Gasteiger partial charge in [-0.15, -0.1) is 0 Å². The molecule has 5 fully saturated rings. The second-order valence-corrected chi connectivity index (χ2v) is 10.2. The molecule has 4 bridgehead atoms. The molecule has 3 N–H and O–H groups in total. The Balaban J connectivity index is 1.19. The van der Waals surface area contributed by atoms with Crippen LogP contribution in [-0.4, -0.2) is 29.8 Å². The van der Waals surface area contributed by atoms with Gasteiger partial charge in [0.25, 0.3) is 5.91 Å². The minimum Gasteiger partial charge on any atom is -0.349 e. The molecule has 30 heavy (non-hydrogen) atoms. The third-order valence-electron chi connectivity index (χ3n) is 7.57. The van der Waals surface area contributed by atoms with Crippen molar-refractivity contribution >= 4 is 23.4 Å². The zero-order chi connectivity index (χ0) is 20.9. The maximum absolute atomic E-state index is 13.2.